The number of hydrogen-bond acceptors (Lipinski definition) is 3. The van der Waals surface area contributed by atoms with Gasteiger partial charge in [0, 0.05) is 10.9 Å². The summed E-state index contributed by atoms with van der Waals surface area (Å²) >= 11 is 1.69. The lowest BCUT2D eigenvalue weighted by atomic mass is 9.94. The van der Waals surface area contributed by atoms with Gasteiger partial charge in [-0.3, -0.25) is 0 Å². The third kappa shape index (κ3) is 2.59. The summed E-state index contributed by atoms with van der Waals surface area (Å²) in [5, 5.41) is 13.4. The minimum Gasteiger partial charge on any atom is -0.390 e. The van der Waals surface area contributed by atoms with Crippen LogP contribution in [0.15, 0.2) is 11.4 Å². The number of nitrogens with one attached hydrogen (secondary N) is 1. The zero-order chi connectivity index (χ0) is 11.6. The van der Waals surface area contributed by atoms with Crippen LogP contribution in [0.5, 0.6) is 0 Å². The zero-order valence-electron chi connectivity index (χ0n) is 8.88. The highest BCUT2D eigenvalue weighted by Crippen LogP contribution is 2.33. The van der Waals surface area contributed by atoms with Crippen LogP contribution in [-0.2, 0) is 6.42 Å². The first-order chi connectivity index (χ1) is 7.62. The summed E-state index contributed by atoms with van der Waals surface area (Å²) in [4.78, 5) is 1.30. The minimum absolute atomic E-state index is 0.0208. The van der Waals surface area contributed by atoms with E-state index >= 15 is 0 Å². The molecule has 0 aliphatic heterocycles. The molecular weight excluding hydrogens is 232 g/mol. The van der Waals surface area contributed by atoms with Crippen LogP contribution in [0, 0.1) is 0 Å². The number of aliphatic hydroxyl groups is 1. The standard InChI is InChI=1S/C11H15F2NOS/c12-11(13,7-15)6-14-9-2-1-3-10-8(9)4-5-16-10/h4-5,9,14-15H,1-3,6-7H2. The number of halogens is 2. The van der Waals surface area contributed by atoms with Crippen molar-refractivity contribution < 1.29 is 13.9 Å². The first kappa shape index (κ1) is 12.0. The Balaban J connectivity index is 1.98. The van der Waals surface area contributed by atoms with E-state index in [1.165, 1.54) is 4.88 Å². The van der Waals surface area contributed by atoms with Crippen molar-refractivity contribution in [3.63, 3.8) is 0 Å². The van der Waals surface area contributed by atoms with Gasteiger partial charge in [-0.05, 0) is 36.3 Å². The molecular formula is C11H15F2NOS. The first-order valence-electron chi connectivity index (χ1n) is 5.41. The van der Waals surface area contributed by atoms with Gasteiger partial charge < -0.3 is 10.4 Å². The van der Waals surface area contributed by atoms with Crippen LogP contribution >= 0.6 is 11.3 Å². The number of aryl methyl sites for hydroxylation is 1. The maximum Gasteiger partial charge on any atom is 0.282 e. The molecule has 2 nitrogen and oxygen atoms in total. The van der Waals surface area contributed by atoms with Crippen LogP contribution in [0.1, 0.15) is 29.3 Å². The predicted octanol–water partition coefficient (Wildman–Crippen LogP) is 2.34. The molecule has 1 aromatic rings. The molecule has 0 bridgehead atoms. The molecule has 0 aromatic carbocycles. The fourth-order valence-electron chi connectivity index (χ4n) is 2.03. The molecule has 0 saturated carbocycles. The number of thiophene rings is 1. The molecule has 0 amide bonds. The van der Waals surface area contributed by atoms with Gasteiger partial charge in [0.05, 0.1) is 6.54 Å². The molecule has 90 valence electrons. The molecule has 2 N–H and O–H groups in total. The Kier molecular flexibility index (Phi) is 3.56. The number of alkyl halides is 2. The molecule has 1 unspecified atom stereocenters. The normalized spacial score (nSPS) is 20.8. The van der Waals surface area contributed by atoms with Gasteiger partial charge in [0.25, 0.3) is 5.92 Å². The second-order valence-corrected chi connectivity index (χ2v) is 5.14. The monoisotopic (exact) mass is 247 g/mol. The van der Waals surface area contributed by atoms with Crippen LogP contribution in [-0.4, -0.2) is 24.2 Å². The fraction of sp³-hybridized carbons (Fsp3) is 0.636. The third-order valence-corrected chi connectivity index (χ3v) is 3.89. The van der Waals surface area contributed by atoms with Crippen molar-refractivity contribution in [2.45, 2.75) is 31.2 Å². The highest BCUT2D eigenvalue weighted by Gasteiger charge is 2.30. The van der Waals surface area contributed by atoms with Gasteiger partial charge >= 0.3 is 0 Å². The Morgan fingerprint density at radius 3 is 3.12 bits per heavy atom. The molecule has 1 aromatic heterocycles. The lowest BCUT2D eigenvalue weighted by molar-refractivity contribution is -0.0496. The second kappa shape index (κ2) is 4.77. The second-order valence-electron chi connectivity index (χ2n) is 4.14. The van der Waals surface area contributed by atoms with Gasteiger partial charge in [0.15, 0.2) is 0 Å². The van der Waals surface area contributed by atoms with Gasteiger partial charge in [0.2, 0.25) is 0 Å². The van der Waals surface area contributed by atoms with Gasteiger partial charge in [-0.2, -0.15) is 0 Å². The minimum atomic E-state index is -3.02. The van der Waals surface area contributed by atoms with E-state index in [-0.39, 0.29) is 6.04 Å². The summed E-state index contributed by atoms with van der Waals surface area (Å²) in [6, 6.07) is 2.03. The average Bonchev–Trinajstić information content (AvgIpc) is 2.75. The van der Waals surface area contributed by atoms with Gasteiger partial charge in [-0.1, -0.05) is 0 Å². The summed E-state index contributed by atoms with van der Waals surface area (Å²) < 4.78 is 25.8. The highest BCUT2D eigenvalue weighted by atomic mass is 32.1. The van der Waals surface area contributed by atoms with Crippen molar-refractivity contribution in [1.82, 2.24) is 5.32 Å². The molecule has 1 atom stereocenters. The Labute approximate surface area is 97.3 Å². The number of aliphatic hydroxyl groups excluding tert-OH is 1. The van der Waals surface area contributed by atoms with Crippen molar-refractivity contribution in [1.29, 1.82) is 0 Å². The molecule has 0 spiro atoms. The maximum absolute atomic E-state index is 12.9. The van der Waals surface area contributed by atoms with E-state index in [1.807, 2.05) is 11.4 Å². The van der Waals surface area contributed by atoms with E-state index in [1.54, 1.807) is 11.3 Å². The smallest absolute Gasteiger partial charge is 0.282 e. The van der Waals surface area contributed by atoms with Crippen molar-refractivity contribution in [3.05, 3.63) is 21.9 Å². The summed E-state index contributed by atoms with van der Waals surface area (Å²) in [5.41, 5.74) is 1.16. The van der Waals surface area contributed by atoms with Crippen molar-refractivity contribution >= 4 is 11.3 Å². The molecule has 0 saturated heterocycles. The van der Waals surface area contributed by atoms with E-state index in [0.717, 1.165) is 24.8 Å². The SMILES string of the molecule is OCC(F)(F)CNC1CCCc2sccc21. The average molecular weight is 247 g/mol. The van der Waals surface area contributed by atoms with Gasteiger partial charge in [-0.15, -0.1) is 11.3 Å². The molecule has 1 aliphatic carbocycles. The number of hydrogen-bond donors (Lipinski definition) is 2. The van der Waals surface area contributed by atoms with Crippen molar-refractivity contribution in [2.75, 3.05) is 13.2 Å². The van der Waals surface area contributed by atoms with Crippen molar-refractivity contribution in [2.24, 2.45) is 0 Å². The van der Waals surface area contributed by atoms with Crippen molar-refractivity contribution in [3.8, 4) is 0 Å². The topological polar surface area (TPSA) is 32.3 Å². The van der Waals surface area contributed by atoms with Crippen LogP contribution in [0.4, 0.5) is 8.78 Å². The lowest BCUT2D eigenvalue weighted by Gasteiger charge is -2.25. The third-order valence-electron chi connectivity index (χ3n) is 2.89. The van der Waals surface area contributed by atoms with Crippen LogP contribution in [0.3, 0.4) is 0 Å². The quantitative estimate of drug-likeness (QED) is 0.856. The molecule has 5 heteroatoms. The Hall–Kier alpha value is -0.520. The lowest BCUT2D eigenvalue weighted by Crippen LogP contribution is -2.38. The maximum atomic E-state index is 12.9. The van der Waals surface area contributed by atoms with E-state index < -0.39 is 19.1 Å². The Morgan fingerprint density at radius 2 is 2.38 bits per heavy atom. The molecule has 1 heterocycles. The Morgan fingerprint density at radius 1 is 1.56 bits per heavy atom. The van der Waals surface area contributed by atoms with E-state index in [9.17, 15) is 8.78 Å². The Bertz CT molecular complexity index is 354. The van der Waals surface area contributed by atoms with E-state index in [0.29, 0.717) is 0 Å². The summed E-state index contributed by atoms with van der Waals surface area (Å²) in [7, 11) is 0. The summed E-state index contributed by atoms with van der Waals surface area (Å²) in [6.45, 7) is -1.55. The fourth-order valence-corrected chi connectivity index (χ4v) is 3.01. The first-order valence-corrected chi connectivity index (χ1v) is 6.29. The predicted molar refractivity (Wildman–Crippen MR) is 60.0 cm³/mol. The molecule has 0 fully saturated rings. The van der Waals surface area contributed by atoms with Gasteiger partial charge in [-0.25, -0.2) is 8.78 Å². The zero-order valence-corrected chi connectivity index (χ0v) is 9.70. The summed E-state index contributed by atoms with van der Waals surface area (Å²) in [5.74, 6) is -3.02. The highest BCUT2D eigenvalue weighted by molar-refractivity contribution is 7.10. The van der Waals surface area contributed by atoms with E-state index in [4.69, 9.17) is 5.11 Å². The molecule has 1 aliphatic rings. The molecule has 16 heavy (non-hydrogen) atoms. The number of fused-ring (bicyclic) bond motifs is 1. The number of rotatable bonds is 4. The van der Waals surface area contributed by atoms with Crippen LogP contribution < -0.4 is 5.32 Å². The van der Waals surface area contributed by atoms with Gasteiger partial charge in [0.1, 0.15) is 6.61 Å². The molecule has 0 radical (unpaired) electrons. The van der Waals surface area contributed by atoms with E-state index in [2.05, 4.69) is 5.32 Å². The van der Waals surface area contributed by atoms with Crippen LogP contribution in [0.25, 0.3) is 0 Å². The largest absolute Gasteiger partial charge is 0.390 e. The molecule has 2 rings (SSSR count). The van der Waals surface area contributed by atoms with Crippen LogP contribution in [0.2, 0.25) is 0 Å². The summed E-state index contributed by atoms with van der Waals surface area (Å²) in [6.07, 6.45) is 2.99.